The number of benzene rings is 2. The molecular formula is C52H64N14O9S. The van der Waals surface area contributed by atoms with Crippen molar-refractivity contribution in [2.45, 2.75) is 128 Å². The Labute approximate surface area is 442 Å². The van der Waals surface area contributed by atoms with E-state index < -0.39 is 35.8 Å². The number of nitrogens with one attached hydrogen (secondary N) is 3. The molecular weight excluding hydrogens is 997 g/mol. The summed E-state index contributed by atoms with van der Waals surface area (Å²) in [6.07, 6.45) is 7.83. The van der Waals surface area contributed by atoms with Crippen molar-refractivity contribution in [2.75, 3.05) is 35.7 Å². The summed E-state index contributed by atoms with van der Waals surface area (Å²) < 4.78 is 0. The quantitative estimate of drug-likeness (QED) is 0.0243. The normalized spacial score (nSPS) is 15.6. The molecule has 0 aliphatic carbocycles. The molecule has 2 aliphatic rings. The lowest BCUT2D eigenvalue weighted by atomic mass is 9.88. The van der Waals surface area contributed by atoms with Gasteiger partial charge in [0, 0.05) is 73.5 Å². The summed E-state index contributed by atoms with van der Waals surface area (Å²) in [6, 6.07) is 7.99. The van der Waals surface area contributed by atoms with Crippen LogP contribution in [0.2, 0.25) is 0 Å². The Bertz CT molecular complexity index is 2990. The number of carboxylic acid groups (broad SMARTS) is 1. The highest BCUT2D eigenvalue weighted by atomic mass is 32.2. The van der Waals surface area contributed by atoms with Crippen LogP contribution in [0, 0.1) is 11.8 Å². The SMILES string of the molecule is CSC1CC(=O)N(CCCCCC(=O)C[C@H](C(=O)N[C@@H](C)C(=O)Cc2ccc(C(=O)CCCC[C@H](NC(=O)c3ccc4c(c3)CCCN4Cc3cnc4nc(N)nc(N)c4n3)C(=O)O)c(-c3nn[nH]n3)c2)C(C)C)C1=O. The minimum absolute atomic E-state index is 0.00707. The molecule has 1 saturated heterocycles. The second kappa shape index (κ2) is 25.7. The van der Waals surface area contributed by atoms with E-state index in [9.17, 15) is 43.5 Å². The molecule has 4 atom stereocenters. The number of aromatic amines is 1. The largest absolute Gasteiger partial charge is 0.480 e. The first kappa shape index (κ1) is 56.0. The topological polar surface area (TPSA) is 345 Å². The van der Waals surface area contributed by atoms with Crippen molar-refractivity contribution in [2.24, 2.45) is 11.8 Å². The number of aryl methyl sites for hydroxylation is 1. The van der Waals surface area contributed by atoms with Crippen molar-refractivity contribution in [3.05, 3.63) is 70.5 Å². The molecule has 5 heterocycles. The van der Waals surface area contributed by atoms with E-state index in [2.05, 4.69) is 56.1 Å². The predicted octanol–water partition coefficient (Wildman–Crippen LogP) is 4.24. The number of Topliss-reactive ketones (excluding diaryl/α,β-unsaturated/α-hetero) is 3. The van der Waals surface area contributed by atoms with Crippen LogP contribution in [-0.2, 0) is 48.2 Å². The van der Waals surface area contributed by atoms with Gasteiger partial charge in [0.15, 0.2) is 28.5 Å². The van der Waals surface area contributed by atoms with Crippen LogP contribution in [0.25, 0.3) is 22.6 Å². The number of thioether (sulfide) groups is 1. The third-order valence-electron chi connectivity index (χ3n) is 13.8. The zero-order valence-corrected chi connectivity index (χ0v) is 43.9. The van der Waals surface area contributed by atoms with Gasteiger partial charge in [0.1, 0.15) is 11.8 Å². The fourth-order valence-corrected chi connectivity index (χ4v) is 10.1. The fraction of sp³-hybridized carbons (Fsp3) is 0.481. The van der Waals surface area contributed by atoms with Crippen molar-refractivity contribution in [1.29, 1.82) is 0 Å². The maximum absolute atomic E-state index is 13.7. The molecule has 0 bridgehead atoms. The van der Waals surface area contributed by atoms with Crippen LogP contribution in [0.3, 0.4) is 0 Å². The van der Waals surface area contributed by atoms with E-state index in [0.717, 1.165) is 24.2 Å². The van der Waals surface area contributed by atoms with E-state index in [-0.39, 0.29) is 102 Å². The zero-order valence-electron chi connectivity index (χ0n) is 43.0. The molecule has 402 valence electrons. The summed E-state index contributed by atoms with van der Waals surface area (Å²) in [5.41, 5.74) is 16.3. The number of aromatic nitrogens is 8. The number of ketones is 3. The monoisotopic (exact) mass is 1060 g/mol. The molecule has 2 aliphatic heterocycles. The van der Waals surface area contributed by atoms with Gasteiger partial charge in [-0.25, -0.2) is 14.8 Å². The second-order valence-electron chi connectivity index (χ2n) is 19.6. The third kappa shape index (κ3) is 14.1. The highest BCUT2D eigenvalue weighted by Crippen LogP contribution is 2.31. The Hall–Kier alpha value is -7.76. The number of amides is 4. The number of fused-ring (bicyclic) bond motifs is 2. The molecule has 2 aromatic carbocycles. The summed E-state index contributed by atoms with van der Waals surface area (Å²) >= 11 is 1.37. The van der Waals surface area contributed by atoms with Gasteiger partial charge < -0.3 is 32.1 Å². The standard InChI is InChI=1S/C52H64N14O9S/c1-28(2)36(24-34(67)12-6-5-9-20-66-43(70)25-42(76-4)50(66)73)49(72)56-29(3)41(69)22-30-15-17-35(37(21-30)46-61-63-64-62-46)40(68)14-8-7-13-38(51(74)75)58-48(71)32-16-18-39-31(23-32)11-10-19-65(39)27-33-26-55-47-44(57-33)45(53)59-52(54)60-47/h15-18,21,23,26,28-29,36,38,42H,5-14,19-20,22,24-25,27H2,1-4H3,(H,56,72)(H,58,71)(H,74,75)(H,61,62,63,64)(H4,53,54,55,59,60)/t29-,36-,38-,42?/m0/s1. The number of carbonyl (C=O) groups is 8. The molecule has 7 rings (SSSR count). The van der Waals surface area contributed by atoms with E-state index in [0.29, 0.717) is 85.2 Å². The number of nitrogens with two attached hydrogens (primary N) is 2. The average Bonchev–Trinajstić information content (AvgIpc) is 4.04. The van der Waals surface area contributed by atoms with E-state index >= 15 is 0 Å². The maximum atomic E-state index is 13.7. The van der Waals surface area contributed by atoms with Gasteiger partial charge in [-0.2, -0.15) is 26.9 Å². The number of H-pyrrole nitrogens is 1. The number of imide groups is 1. The van der Waals surface area contributed by atoms with Gasteiger partial charge in [0.2, 0.25) is 29.5 Å². The molecule has 0 radical (unpaired) electrons. The van der Waals surface area contributed by atoms with E-state index in [1.54, 1.807) is 43.5 Å². The van der Waals surface area contributed by atoms with Crippen LogP contribution in [0.4, 0.5) is 17.5 Å². The van der Waals surface area contributed by atoms with Crippen molar-refractivity contribution in [1.82, 2.24) is 56.1 Å². The summed E-state index contributed by atoms with van der Waals surface area (Å²) in [4.78, 5) is 124. The smallest absolute Gasteiger partial charge is 0.326 e. The first-order valence-corrected chi connectivity index (χ1v) is 26.8. The number of rotatable bonds is 27. The van der Waals surface area contributed by atoms with Crippen molar-refractivity contribution >= 4 is 87.3 Å². The Morgan fingerprint density at radius 3 is 2.45 bits per heavy atom. The Morgan fingerprint density at radius 1 is 0.934 bits per heavy atom. The lowest BCUT2D eigenvalue weighted by molar-refractivity contribution is -0.140. The van der Waals surface area contributed by atoms with E-state index in [1.165, 1.54) is 16.7 Å². The Kier molecular flexibility index (Phi) is 18.9. The molecule has 8 N–H and O–H groups in total. The predicted molar refractivity (Wildman–Crippen MR) is 282 cm³/mol. The summed E-state index contributed by atoms with van der Waals surface area (Å²) in [7, 11) is 0. The Morgan fingerprint density at radius 2 is 1.72 bits per heavy atom. The molecule has 1 fully saturated rings. The van der Waals surface area contributed by atoms with Gasteiger partial charge in [-0.3, -0.25) is 38.5 Å². The molecule has 5 aromatic rings. The Balaban J connectivity index is 0.875. The number of carbonyl (C=O) groups excluding carboxylic acids is 7. The van der Waals surface area contributed by atoms with Gasteiger partial charge in [-0.1, -0.05) is 38.8 Å². The summed E-state index contributed by atoms with van der Waals surface area (Å²) in [5.74, 6) is -3.73. The molecule has 1 unspecified atom stereocenters. The van der Waals surface area contributed by atoms with Crippen molar-refractivity contribution < 1.29 is 43.5 Å². The molecule has 23 nitrogen and oxygen atoms in total. The number of likely N-dealkylation sites (tertiary alicyclic amines) is 1. The fourth-order valence-electron chi connectivity index (χ4n) is 9.48. The van der Waals surface area contributed by atoms with Crippen LogP contribution < -0.4 is 27.0 Å². The molecule has 76 heavy (non-hydrogen) atoms. The van der Waals surface area contributed by atoms with Crippen LogP contribution in [0.1, 0.15) is 129 Å². The molecule has 3 aromatic heterocycles. The number of hydrogen-bond acceptors (Lipinski definition) is 19. The van der Waals surface area contributed by atoms with E-state index in [4.69, 9.17) is 11.5 Å². The second-order valence-corrected chi connectivity index (χ2v) is 20.6. The van der Waals surface area contributed by atoms with E-state index in [1.807, 2.05) is 26.2 Å². The van der Waals surface area contributed by atoms with Crippen LogP contribution in [0.5, 0.6) is 0 Å². The molecule has 4 amide bonds. The number of anilines is 3. The van der Waals surface area contributed by atoms with Gasteiger partial charge in [-0.05, 0) is 98.2 Å². The molecule has 0 saturated carbocycles. The zero-order chi connectivity index (χ0) is 54.6. The average molecular weight is 1060 g/mol. The number of tetrazole rings is 1. The maximum Gasteiger partial charge on any atom is 0.326 e. The minimum atomic E-state index is -1.21. The van der Waals surface area contributed by atoms with Crippen LogP contribution in [-0.4, -0.2) is 134 Å². The number of aliphatic carboxylic acids is 1. The molecule has 24 heteroatoms. The van der Waals surface area contributed by atoms with Crippen LogP contribution >= 0.6 is 11.8 Å². The highest BCUT2D eigenvalue weighted by molar-refractivity contribution is 8.00. The number of unbranched alkanes of at least 4 members (excludes halogenated alkanes) is 3. The van der Waals surface area contributed by atoms with Gasteiger partial charge in [0.05, 0.1) is 29.7 Å². The lowest BCUT2D eigenvalue weighted by Crippen LogP contribution is -2.44. The first-order chi connectivity index (χ1) is 36.4. The number of nitrogens with zero attached hydrogens (tertiary/aromatic N) is 9. The van der Waals surface area contributed by atoms with Crippen LogP contribution in [0.15, 0.2) is 42.6 Å². The number of nitrogen functional groups attached to an aromatic ring is 2. The highest BCUT2D eigenvalue weighted by Gasteiger charge is 2.37. The number of carboxylic acids is 1. The summed E-state index contributed by atoms with van der Waals surface area (Å²) in [5, 5.41) is 29.4. The van der Waals surface area contributed by atoms with Gasteiger partial charge in [0.25, 0.3) is 5.91 Å². The summed E-state index contributed by atoms with van der Waals surface area (Å²) in [6.45, 7) is 6.74. The lowest BCUT2D eigenvalue weighted by Gasteiger charge is -2.31. The minimum Gasteiger partial charge on any atom is -0.480 e. The third-order valence-corrected chi connectivity index (χ3v) is 14.7. The first-order valence-electron chi connectivity index (χ1n) is 25.5. The molecule has 0 spiro atoms. The van der Waals surface area contributed by atoms with Gasteiger partial charge in [-0.15, -0.1) is 10.2 Å². The number of hydrogen-bond donors (Lipinski definition) is 6. The van der Waals surface area contributed by atoms with Crippen molar-refractivity contribution in [3.63, 3.8) is 0 Å². The van der Waals surface area contributed by atoms with Gasteiger partial charge >= 0.3 is 5.97 Å². The van der Waals surface area contributed by atoms with Crippen molar-refractivity contribution in [3.8, 4) is 11.4 Å².